The van der Waals surface area contributed by atoms with Crippen LogP contribution >= 0.6 is 0 Å². The van der Waals surface area contributed by atoms with Gasteiger partial charge in [-0.1, -0.05) is 0 Å². The van der Waals surface area contributed by atoms with E-state index in [1.54, 1.807) is 6.92 Å². The predicted octanol–water partition coefficient (Wildman–Crippen LogP) is 0.292. The van der Waals surface area contributed by atoms with E-state index in [-0.39, 0.29) is 1.43 Å². The van der Waals surface area contributed by atoms with Crippen LogP contribution in [0.3, 0.4) is 0 Å². The molecule has 0 fully saturated rings. The van der Waals surface area contributed by atoms with Crippen LogP contribution < -0.4 is 0 Å². The highest BCUT2D eigenvalue weighted by atomic mass is 16.5. The molecular formula is C3H7O2. The summed E-state index contributed by atoms with van der Waals surface area (Å²) in [6.45, 7) is 2.66. The van der Waals surface area contributed by atoms with Crippen LogP contribution in [0.15, 0.2) is 0 Å². The molecule has 0 N–H and O–H groups in total. The van der Waals surface area contributed by atoms with Crippen LogP contribution in [-0.2, 0) is 9.53 Å². The van der Waals surface area contributed by atoms with E-state index in [4.69, 9.17) is 0 Å². The third-order valence-electron chi connectivity index (χ3n) is 0.235. The second-order valence-electron chi connectivity index (χ2n) is 0.552. The van der Waals surface area contributed by atoms with Crippen LogP contribution in [0.1, 0.15) is 8.35 Å². The molecule has 2 nitrogen and oxygen atoms in total. The summed E-state index contributed by atoms with van der Waals surface area (Å²) in [6.07, 6.45) is 0. The van der Waals surface area contributed by atoms with E-state index < -0.39 is 0 Å². The third-order valence-corrected chi connectivity index (χ3v) is 0.235. The highest BCUT2D eigenvalue weighted by molar-refractivity contribution is 5.36. The van der Waals surface area contributed by atoms with Gasteiger partial charge >= 0.3 is 0 Å². The topological polar surface area (TPSA) is 26.3 Å². The molecule has 0 unspecified atom stereocenters. The van der Waals surface area contributed by atoms with E-state index in [2.05, 4.69) is 4.74 Å². The van der Waals surface area contributed by atoms with Gasteiger partial charge < -0.3 is 4.74 Å². The van der Waals surface area contributed by atoms with Crippen LogP contribution in [0.2, 0.25) is 0 Å². The molecule has 0 saturated carbocycles. The maximum atomic E-state index is 9.18. The van der Waals surface area contributed by atoms with Gasteiger partial charge in [-0.3, -0.25) is 4.79 Å². The highest BCUT2D eigenvalue weighted by Gasteiger charge is 1.60. The maximum Gasteiger partial charge on any atom is 0.293 e. The molecule has 0 aliphatic heterocycles. The van der Waals surface area contributed by atoms with Crippen molar-refractivity contribution in [1.29, 1.82) is 0 Å². The van der Waals surface area contributed by atoms with E-state index >= 15 is 0 Å². The molecule has 2 heteroatoms. The van der Waals surface area contributed by atoms with E-state index in [0.29, 0.717) is 13.1 Å². The minimum absolute atomic E-state index is 0. The standard InChI is InChI=1S/C3H6O2.H/c1-2-5-3-4;/h3H,2H2,1H3;/i;1+1. The van der Waals surface area contributed by atoms with Crippen molar-refractivity contribution < 1.29 is 11.0 Å². The van der Waals surface area contributed by atoms with Gasteiger partial charge in [-0.15, -0.1) is 0 Å². The molecule has 0 aromatic heterocycles. The smallest absolute Gasteiger partial charge is 0.293 e. The first kappa shape index (κ1) is 4.47. The number of hydrogen-bond acceptors (Lipinski definition) is 2. The number of rotatable bonds is 2. The largest absolute Gasteiger partial charge is 0.468 e. The van der Waals surface area contributed by atoms with Gasteiger partial charge in [-0.25, -0.2) is 0 Å². The van der Waals surface area contributed by atoms with Crippen LogP contribution in [0.25, 0.3) is 0 Å². The van der Waals surface area contributed by atoms with E-state index in [9.17, 15) is 4.79 Å². The molecule has 0 rings (SSSR count). The van der Waals surface area contributed by atoms with Crippen molar-refractivity contribution in [3.8, 4) is 0 Å². The first-order chi connectivity index (χ1) is 2.41. The summed E-state index contributed by atoms with van der Waals surface area (Å²) in [5, 5.41) is 0. The molecule has 0 saturated heterocycles. The molecule has 0 bridgehead atoms. The maximum absolute atomic E-state index is 9.18. The summed E-state index contributed by atoms with van der Waals surface area (Å²) in [6, 6.07) is 0. The molecule has 31 valence electrons. The van der Waals surface area contributed by atoms with Crippen molar-refractivity contribution >= 4 is 6.47 Å². The van der Waals surface area contributed by atoms with Crippen molar-refractivity contribution in [3.05, 3.63) is 0 Å². The van der Waals surface area contributed by atoms with Gasteiger partial charge in [0, 0.05) is 1.43 Å². The molecule has 0 atom stereocenters. The van der Waals surface area contributed by atoms with Gasteiger partial charge in [0.2, 0.25) is 0 Å². The van der Waals surface area contributed by atoms with E-state index in [0.717, 1.165) is 0 Å². The lowest BCUT2D eigenvalue weighted by molar-refractivity contribution is -0.128. The Kier molecular flexibility index (Phi) is 3.10. The molecule has 0 spiro atoms. The number of carbonyl (C=O) groups excluding carboxylic acids is 1. The summed E-state index contributed by atoms with van der Waals surface area (Å²) in [5.41, 5.74) is 0. The van der Waals surface area contributed by atoms with Crippen molar-refractivity contribution in [1.82, 2.24) is 0 Å². The van der Waals surface area contributed by atoms with Crippen molar-refractivity contribution in [2.24, 2.45) is 0 Å². The lowest BCUT2D eigenvalue weighted by Gasteiger charge is -1.79. The minimum atomic E-state index is 0. The van der Waals surface area contributed by atoms with E-state index in [1.807, 2.05) is 0 Å². The van der Waals surface area contributed by atoms with Gasteiger partial charge in [0.05, 0.1) is 6.61 Å². The predicted molar refractivity (Wildman–Crippen MR) is 18.8 cm³/mol. The molecule has 0 amide bonds. The molecular weight excluding hydrogens is 68.0 g/mol. The average molecular weight is 76.1 g/mol. The fourth-order valence-corrected chi connectivity index (χ4v) is 0.0680. The Labute approximate surface area is 32.2 Å². The Morgan fingerprint density at radius 2 is 2.80 bits per heavy atom. The summed E-state index contributed by atoms with van der Waals surface area (Å²) >= 11 is 0. The quantitative estimate of drug-likeness (QED) is 0.442. The van der Waals surface area contributed by atoms with Crippen molar-refractivity contribution in [2.75, 3.05) is 6.61 Å². The summed E-state index contributed by atoms with van der Waals surface area (Å²) in [5.74, 6) is 0. The second kappa shape index (κ2) is 3.47. The van der Waals surface area contributed by atoms with Crippen molar-refractivity contribution in [2.45, 2.75) is 6.92 Å². The molecule has 0 heterocycles. The number of ether oxygens (including phenoxy) is 1. The Hall–Kier alpha value is -0.530. The first-order valence-electron chi connectivity index (χ1n) is 1.47. The molecule has 5 heavy (non-hydrogen) atoms. The second-order valence-corrected chi connectivity index (χ2v) is 0.552. The monoisotopic (exact) mass is 76.1 g/mol. The first-order valence-corrected chi connectivity index (χ1v) is 1.47. The third kappa shape index (κ3) is 3.47. The molecule has 1 radical (unpaired) electrons. The Morgan fingerprint density at radius 3 is 2.80 bits per heavy atom. The highest BCUT2D eigenvalue weighted by Crippen LogP contribution is 1.55. The minimum Gasteiger partial charge on any atom is -0.468 e. The molecule has 0 aliphatic rings. The summed E-state index contributed by atoms with van der Waals surface area (Å²) in [7, 11) is 0. The number of hydrogen-bond donors (Lipinski definition) is 0. The lowest BCUT2D eigenvalue weighted by atomic mass is 10.9. The van der Waals surface area contributed by atoms with Gasteiger partial charge in [0.15, 0.2) is 0 Å². The Morgan fingerprint density at radius 1 is 2.20 bits per heavy atom. The van der Waals surface area contributed by atoms with Gasteiger partial charge in [-0.2, -0.15) is 0 Å². The van der Waals surface area contributed by atoms with Crippen LogP contribution in [-0.4, -0.2) is 13.1 Å². The average Bonchev–Trinajstić information content (AvgIpc) is 1.41. The zero-order valence-corrected chi connectivity index (χ0v) is 3.10. The Bertz CT molecular complexity index is 30.0. The lowest BCUT2D eigenvalue weighted by Crippen LogP contribution is -1.80. The van der Waals surface area contributed by atoms with Crippen LogP contribution in [0.5, 0.6) is 0 Å². The Balaban J connectivity index is 0. The normalized spacial score (nSPS) is 6.60. The fourth-order valence-electron chi connectivity index (χ4n) is 0.0680. The zero-order valence-electron chi connectivity index (χ0n) is 4.10. The van der Waals surface area contributed by atoms with Crippen LogP contribution in [0.4, 0.5) is 0 Å². The van der Waals surface area contributed by atoms with Gasteiger partial charge in [-0.05, 0) is 6.92 Å². The fraction of sp³-hybridized carbons (Fsp3) is 0.667. The van der Waals surface area contributed by atoms with Crippen LogP contribution in [0, 0.1) is 0 Å². The molecule has 0 aromatic rings. The van der Waals surface area contributed by atoms with Crippen molar-refractivity contribution in [3.63, 3.8) is 0 Å². The molecule has 0 aromatic carbocycles. The zero-order chi connectivity index (χ0) is 4.12. The summed E-state index contributed by atoms with van der Waals surface area (Å²) in [4.78, 5) is 9.18. The van der Waals surface area contributed by atoms with Gasteiger partial charge in [0.1, 0.15) is 0 Å². The van der Waals surface area contributed by atoms with Gasteiger partial charge in [0.25, 0.3) is 6.47 Å². The SMILES string of the molecule is CCOC=O.[2H]. The summed E-state index contributed by atoms with van der Waals surface area (Å²) < 4.78 is 4.15. The molecule has 0 aliphatic carbocycles. The number of carbonyl (C=O) groups is 1. The van der Waals surface area contributed by atoms with E-state index in [1.165, 1.54) is 0 Å².